The molecule has 1 aromatic rings. The Morgan fingerprint density at radius 1 is 1.62 bits per heavy atom. The second-order valence-corrected chi connectivity index (χ2v) is 3.53. The van der Waals surface area contributed by atoms with Crippen molar-refractivity contribution in [3.05, 3.63) is 24.2 Å². The van der Waals surface area contributed by atoms with Gasteiger partial charge in [0.2, 0.25) is 0 Å². The van der Waals surface area contributed by atoms with E-state index >= 15 is 0 Å². The number of nitrogens with zero attached hydrogens (tertiary/aromatic N) is 1. The van der Waals surface area contributed by atoms with E-state index in [1.807, 2.05) is 12.1 Å². The maximum atomic E-state index is 9.09. The summed E-state index contributed by atoms with van der Waals surface area (Å²) in [5.74, 6) is 0.986. The van der Waals surface area contributed by atoms with Crippen molar-refractivity contribution in [2.75, 3.05) is 13.2 Å². The molecule has 13 heavy (non-hydrogen) atoms. The smallest absolute Gasteiger partial charge is 0.117 e. The third-order valence-electron chi connectivity index (χ3n) is 2.65. The van der Waals surface area contributed by atoms with Gasteiger partial charge in [0.15, 0.2) is 0 Å². The van der Waals surface area contributed by atoms with Gasteiger partial charge in [-0.2, -0.15) is 0 Å². The zero-order valence-corrected chi connectivity index (χ0v) is 7.65. The lowest BCUT2D eigenvalue weighted by Crippen LogP contribution is -2.31. The second kappa shape index (κ2) is 3.94. The molecule has 3 nitrogen and oxygen atoms in total. The van der Waals surface area contributed by atoms with Crippen LogP contribution in [-0.2, 0) is 6.54 Å². The summed E-state index contributed by atoms with van der Waals surface area (Å²) in [6.07, 6.45) is 3.99. The number of aliphatic hydroxyl groups is 1. The molecule has 72 valence electrons. The maximum Gasteiger partial charge on any atom is 0.117 e. The first-order valence-electron chi connectivity index (χ1n) is 4.77. The Bertz CT molecular complexity index is 245. The van der Waals surface area contributed by atoms with Gasteiger partial charge in [0.25, 0.3) is 0 Å². The molecule has 0 spiro atoms. The third-order valence-corrected chi connectivity index (χ3v) is 2.65. The SMILES string of the molecule is OC[C@@H]1CCCN1Cc1ccco1. The fraction of sp³-hybridized carbons (Fsp3) is 0.600. The highest BCUT2D eigenvalue weighted by Crippen LogP contribution is 2.19. The van der Waals surface area contributed by atoms with E-state index in [0.29, 0.717) is 6.04 Å². The Kier molecular flexibility index (Phi) is 2.66. The molecular weight excluding hydrogens is 166 g/mol. The lowest BCUT2D eigenvalue weighted by molar-refractivity contribution is 0.146. The van der Waals surface area contributed by atoms with Crippen molar-refractivity contribution in [1.29, 1.82) is 0 Å². The quantitative estimate of drug-likeness (QED) is 0.762. The maximum absolute atomic E-state index is 9.09. The van der Waals surface area contributed by atoms with Crippen LogP contribution >= 0.6 is 0 Å². The summed E-state index contributed by atoms with van der Waals surface area (Å²) in [5.41, 5.74) is 0. The van der Waals surface area contributed by atoms with E-state index < -0.39 is 0 Å². The number of rotatable bonds is 3. The summed E-state index contributed by atoms with van der Waals surface area (Å²) in [7, 11) is 0. The van der Waals surface area contributed by atoms with Crippen molar-refractivity contribution in [2.24, 2.45) is 0 Å². The van der Waals surface area contributed by atoms with Gasteiger partial charge in [0, 0.05) is 6.04 Å². The molecule has 0 radical (unpaired) electrons. The number of hydrogen-bond donors (Lipinski definition) is 1. The molecule has 1 saturated heterocycles. The fourth-order valence-electron chi connectivity index (χ4n) is 1.91. The van der Waals surface area contributed by atoms with Crippen molar-refractivity contribution in [3.63, 3.8) is 0 Å². The molecule has 1 aliphatic heterocycles. The summed E-state index contributed by atoms with van der Waals surface area (Å²) < 4.78 is 5.26. The largest absolute Gasteiger partial charge is 0.468 e. The van der Waals surface area contributed by atoms with Gasteiger partial charge in [-0.3, -0.25) is 4.90 Å². The molecule has 0 aliphatic carbocycles. The predicted molar refractivity (Wildman–Crippen MR) is 49.2 cm³/mol. The van der Waals surface area contributed by atoms with Crippen LogP contribution in [0.3, 0.4) is 0 Å². The molecule has 1 fully saturated rings. The molecule has 0 bridgehead atoms. The molecule has 0 aromatic carbocycles. The topological polar surface area (TPSA) is 36.6 Å². The zero-order chi connectivity index (χ0) is 9.10. The third kappa shape index (κ3) is 1.92. The van der Waals surface area contributed by atoms with Crippen LogP contribution in [0, 0.1) is 0 Å². The highest BCUT2D eigenvalue weighted by atomic mass is 16.3. The molecule has 1 N–H and O–H groups in total. The Morgan fingerprint density at radius 3 is 3.23 bits per heavy atom. The molecule has 2 rings (SSSR count). The summed E-state index contributed by atoms with van der Waals surface area (Å²) in [5, 5.41) is 9.09. The van der Waals surface area contributed by atoms with E-state index in [9.17, 15) is 0 Å². The van der Waals surface area contributed by atoms with E-state index in [2.05, 4.69) is 4.90 Å². The Hall–Kier alpha value is -0.800. The highest BCUT2D eigenvalue weighted by Gasteiger charge is 2.23. The second-order valence-electron chi connectivity index (χ2n) is 3.53. The van der Waals surface area contributed by atoms with E-state index in [1.165, 1.54) is 6.42 Å². The zero-order valence-electron chi connectivity index (χ0n) is 7.65. The van der Waals surface area contributed by atoms with E-state index in [1.54, 1.807) is 6.26 Å². The van der Waals surface area contributed by atoms with Gasteiger partial charge in [0.05, 0.1) is 19.4 Å². The summed E-state index contributed by atoms with van der Waals surface area (Å²) in [4.78, 5) is 2.28. The first-order valence-corrected chi connectivity index (χ1v) is 4.77. The first kappa shape index (κ1) is 8.78. The lowest BCUT2D eigenvalue weighted by atomic mass is 10.2. The van der Waals surface area contributed by atoms with Crippen molar-refractivity contribution >= 4 is 0 Å². The van der Waals surface area contributed by atoms with Crippen molar-refractivity contribution in [2.45, 2.75) is 25.4 Å². The minimum atomic E-state index is 0.265. The minimum Gasteiger partial charge on any atom is -0.468 e. The highest BCUT2D eigenvalue weighted by molar-refractivity contribution is 4.99. The van der Waals surface area contributed by atoms with Crippen LogP contribution in [0.15, 0.2) is 22.8 Å². The molecule has 1 aromatic heterocycles. The predicted octanol–water partition coefficient (Wildman–Crippen LogP) is 1.24. The number of hydrogen-bond acceptors (Lipinski definition) is 3. The van der Waals surface area contributed by atoms with Crippen LogP contribution in [-0.4, -0.2) is 29.2 Å². The van der Waals surface area contributed by atoms with Crippen LogP contribution in [0.1, 0.15) is 18.6 Å². The monoisotopic (exact) mass is 181 g/mol. The average Bonchev–Trinajstić information content (AvgIpc) is 2.76. The van der Waals surface area contributed by atoms with Gasteiger partial charge >= 0.3 is 0 Å². The number of aliphatic hydroxyl groups excluding tert-OH is 1. The molecule has 3 heteroatoms. The van der Waals surface area contributed by atoms with Gasteiger partial charge in [0.1, 0.15) is 5.76 Å². The fourth-order valence-corrected chi connectivity index (χ4v) is 1.91. The molecular formula is C10H15NO2. The van der Waals surface area contributed by atoms with Crippen molar-refractivity contribution < 1.29 is 9.52 Å². The summed E-state index contributed by atoms with van der Waals surface area (Å²) in [6, 6.07) is 4.22. The summed E-state index contributed by atoms with van der Waals surface area (Å²) in [6.45, 7) is 2.17. The number of likely N-dealkylation sites (tertiary alicyclic amines) is 1. The van der Waals surface area contributed by atoms with Crippen LogP contribution in [0.4, 0.5) is 0 Å². The van der Waals surface area contributed by atoms with Gasteiger partial charge < -0.3 is 9.52 Å². The molecule has 0 unspecified atom stereocenters. The molecule has 0 amide bonds. The summed E-state index contributed by atoms with van der Waals surface area (Å²) >= 11 is 0. The normalized spacial score (nSPS) is 23.9. The average molecular weight is 181 g/mol. The standard InChI is InChI=1S/C10H15NO2/c12-8-9-3-1-5-11(9)7-10-4-2-6-13-10/h2,4,6,9,12H,1,3,5,7-8H2/t9-/m0/s1. The van der Waals surface area contributed by atoms with Gasteiger partial charge in [-0.15, -0.1) is 0 Å². The number of furan rings is 1. The Balaban J connectivity index is 1.94. The van der Waals surface area contributed by atoms with Gasteiger partial charge in [-0.1, -0.05) is 0 Å². The van der Waals surface area contributed by atoms with E-state index in [0.717, 1.165) is 25.3 Å². The molecule has 1 atom stereocenters. The van der Waals surface area contributed by atoms with E-state index in [-0.39, 0.29) is 6.61 Å². The minimum absolute atomic E-state index is 0.265. The van der Waals surface area contributed by atoms with Crippen LogP contribution in [0.5, 0.6) is 0 Å². The van der Waals surface area contributed by atoms with Crippen LogP contribution in [0.25, 0.3) is 0 Å². The van der Waals surface area contributed by atoms with Gasteiger partial charge in [-0.25, -0.2) is 0 Å². The van der Waals surface area contributed by atoms with Crippen LogP contribution < -0.4 is 0 Å². The first-order chi connectivity index (χ1) is 6.40. The van der Waals surface area contributed by atoms with E-state index in [4.69, 9.17) is 9.52 Å². The molecule has 1 aliphatic rings. The Labute approximate surface area is 78.0 Å². The lowest BCUT2D eigenvalue weighted by Gasteiger charge is -2.20. The molecule has 2 heterocycles. The van der Waals surface area contributed by atoms with Crippen molar-refractivity contribution in [3.8, 4) is 0 Å². The molecule has 0 saturated carbocycles. The van der Waals surface area contributed by atoms with Crippen LogP contribution in [0.2, 0.25) is 0 Å². The van der Waals surface area contributed by atoms with Crippen molar-refractivity contribution in [1.82, 2.24) is 4.90 Å². The Morgan fingerprint density at radius 2 is 2.54 bits per heavy atom. The van der Waals surface area contributed by atoms with Gasteiger partial charge in [-0.05, 0) is 31.5 Å².